The van der Waals surface area contributed by atoms with Crippen molar-refractivity contribution in [1.82, 2.24) is 9.78 Å². The maximum atomic E-state index is 12.8. The minimum absolute atomic E-state index is 0.232. The van der Waals surface area contributed by atoms with Crippen LogP contribution < -0.4 is 10.5 Å². The molecule has 0 bridgehead atoms. The fourth-order valence-electron chi connectivity index (χ4n) is 2.80. The Morgan fingerprint density at radius 3 is 2.77 bits per heavy atom. The number of hydrogen-bond acceptors (Lipinski definition) is 3. The predicted octanol–water partition coefficient (Wildman–Crippen LogP) is 2.34. The van der Waals surface area contributed by atoms with Gasteiger partial charge in [-0.2, -0.15) is 5.10 Å². The van der Waals surface area contributed by atoms with Gasteiger partial charge in [0.15, 0.2) is 0 Å². The van der Waals surface area contributed by atoms with Gasteiger partial charge in [0.25, 0.3) is 11.5 Å². The molecule has 114 valence electrons. The van der Waals surface area contributed by atoms with E-state index in [1.807, 2.05) is 19.1 Å². The SMILES string of the molecule is Cc1ccc(Cl)c2c1CCCN2C(=O)c1ccc(=O)n(C)n1. The number of amides is 1. The maximum Gasteiger partial charge on any atom is 0.278 e. The molecule has 1 amide bonds. The Morgan fingerprint density at radius 2 is 2.05 bits per heavy atom. The number of fused-ring (bicyclic) bond motifs is 1. The smallest absolute Gasteiger partial charge is 0.278 e. The molecule has 22 heavy (non-hydrogen) atoms. The Kier molecular flexibility index (Phi) is 3.74. The molecule has 1 aromatic heterocycles. The monoisotopic (exact) mass is 317 g/mol. The first-order valence-electron chi connectivity index (χ1n) is 7.13. The molecule has 2 aromatic rings. The average Bonchev–Trinajstić information content (AvgIpc) is 2.52. The van der Waals surface area contributed by atoms with Crippen LogP contribution in [0.2, 0.25) is 5.02 Å². The van der Waals surface area contributed by atoms with Crippen molar-refractivity contribution in [2.45, 2.75) is 19.8 Å². The van der Waals surface area contributed by atoms with E-state index in [0.717, 1.165) is 34.3 Å². The Morgan fingerprint density at radius 1 is 1.27 bits per heavy atom. The van der Waals surface area contributed by atoms with E-state index in [1.165, 1.54) is 19.2 Å². The minimum atomic E-state index is -0.246. The molecule has 2 heterocycles. The van der Waals surface area contributed by atoms with Crippen LogP contribution in [0.5, 0.6) is 0 Å². The average molecular weight is 318 g/mol. The van der Waals surface area contributed by atoms with Gasteiger partial charge < -0.3 is 4.90 Å². The molecule has 1 aliphatic heterocycles. The van der Waals surface area contributed by atoms with Crippen molar-refractivity contribution in [2.24, 2.45) is 7.05 Å². The molecule has 0 saturated heterocycles. The molecule has 0 N–H and O–H groups in total. The van der Waals surface area contributed by atoms with Gasteiger partial charge in [0, 0.05) is 19.7 Å². The topological polar surface area (TPSA) is 55.2 Å². The summed E-state index contributed by atoms with van der Waals surface area (Å²) < 4.78 is 1.16. The number of nitrogens with zero attached hydrogens (tertiary/aromatic N) is 3. The van der Waals surface area contributed by atoms with Crippen molar-refractivity contribution in [3.05, 3.63) is 56.5 Å². The van der Waals surface area contributed by atoms with E-state index < -0.39 is 0 Å². The van der Waals surface area contributed by atoms with Crippen LogP contribution in [0.4, 0.5) is 5.69 Å². The molecular weight excluding hydrogens is 302 g/mol. The van der Waals surface area contributed by atoms with Crippen LogP contribution in [-0.4, -0.2) is 22.2 Å². The zero-order valence-electron chi connectivity index (χ0n) is 12.5. The summed E-state index contributed by atoms with van der Waals surface area (Å²) in [4.78, 5) is 25.9. The van der Waals surface area contributed by atoms with Crippen molar-refractivity contribution < 1.29 is 4.79 Å². The molecule has 5 nitrogen and oxygen atoms in total. The number of benzene rings is 1. The third kappa shape index (κ3) is 2.41. The molecule has 0 unspecified atom stereocenters. The van der Waals surface area contributed by atoms with E-state index in [4.69, 9.17) is 11.6 Å². The third-order valence-electron chi connectivity index (χ3n) is 3.97. The lowest BCUT2D eigenvalue weighted by Gasteiger charge is -2.31. The molecule has 3 rings (SSSR count). The normalized spacial score (nSPS) is 13.9. The Bertz CT molecular complexity index is 814. The van der Waals surface area contributed by atoms with Gasteiger partial charge in [-0.3, -0.25) is 9.59 Å². The molecule has 1 aromatic carbocycles. The van der Waals surface area contributed by atoms with Gasteiger partial charge in [-0.05, 0) is 43.0 Å². The Balaban J connectivity index is 2.07. The number of halogens is 1. The number of hydrogen-bond donors (Lipinski definition) is 0. The summed E-state index contributed by atoms with van der Waals surface area (Å²) in [7, 11) is 1.53. The lowest BCUT2D eigenvalue weighted by molar-refractivity contribution is 0.0978. The number of aromatic nitrogens is 2. The van der Waals surface area contributed by atoms with Crippen LogP contribution in [0.3, 0.4) is 0 Å². The van der Waals surface area contributed by atoms with Gasteiger partial charge in [-0.15, -0.1) is 0 Å². The number of aryl methyl sites for hydroxylation is 2. The molecule has 1 aliphatic rings. The number of carbonyl (C=O) groups excluding carboxylic acids is 1. The van der Waals surface area contributed by atoms with Gasteiger partial charge >= 0.3 is 0 Å². The van der Waals surface area contributed by atoms with E-state index in [1.54, 1.807) is 4.90 Å². The highest BCUT2D eigenvalue weighted by Gasteiger charge is 2.27. The van der Waals surface area contributed by atoms with Crippen molar-refractivity contribution in [2.75, 3.05) is 11.4 Å². The first-order valence-corrected chi connectivity index (χ1v) is 7.51. The molecule has 0 aliphatic carbocycles. The predicted molar refractivity (Wildman–Crippen MR) is 85.7 cm³/mol. The van der Waals surface area contributed by atoms with Gasteiger partial charge in [0.2, 0.25) is 0 Å². The first-order chi connectivity index (χ1) is 10.5. The summed E-state index contributed by atoms with van der Waals surface area (Å²) in [5.41, 5.74) is 3.01. The van der Waals surface area contributed by atoms with Crippen LogP contribution in [0, 0.1) is 6.92 Å². The van der Waals surface area contributed by atoms with Gasteiger partial charge in [0.1, 0.15) is 5.69 Å². The molecule has 0 radical (unpaired) electrons. The molecular formula is C16H16ClN3O2. The summed E-state index contributed by atoms with van der Waals surface area (Å²) in [6.45, 7) is 2.62. The maximum absolute atomic E-state index is 12.8. The molecule has 0 spiro atoms. The van der Waals surface area contributed by atoms with Crippen molar-refractivity contribution in [3.63, 3.8) is 0 Å². The Labute approximate surface area is 133 Å². The second-order valence-electron chi connectivity index (χ2n) is 5.43. The molecule has 0 fully saturated rings. The first kappa shape index (κ1) is 14.8. The van der Waals surface area contributed by atoms with Gasteiger partial charge in [-0.25, -0.2) is 4.68 Å². The second kappa shape index (κ2) is 5.57. The largest absolute Gasteiger partial charge is 0.305 e. The second-order valence-corrected chi connectivity index (χ2v) is 5.84. The van der Waals surface area contributed by atoms with Crippen LogP contribution in [-0.2, 0) is 13.5 Å². The van der Waals surface area contributed by atoms with E-state index >= 15 is 0 Å². The van der Waals surface area contributed by atoms with E-state index in [2.05, 4.69) is 5.10 Å². The standard InChI is InChI=1S/C16H16ClN3O2/c1-10-5-6-12(17)15-11(10)4-3-9-20(15)16(22)13-7-8-14(21)19(2)18-13/h5-8H,3-4,9H2,1-2H3. The van der Waals surface area contributed by atoms with Gasteiger partial charge in [-0.1, -0.05) is 17.7 Å². The minimum Gasteiger partial charge on any atom is -0.305 e. The summed E-state index contributed by atoms with van der Waals surface area (Å²) in [6, 6.07) is 6.60. The molecule has 0 atom stereocenters. The van der Waals surface area contributed by atoms with Crippen molar-refractivity contribution in [3.8, 4) is 0 Å². The van der Waals surface area contributed by atoms with E-state index in [-0.39, 0.29) is 17.2 Å². The van der Waals surface area contributed by atoms with E-state index in [0.29, 0.717) is 11.6 Å². The van der Waals surface area contributed by atoms with Gasteiger partial charge in [0.05, 0.1) is 10.7 Å². The molecule has 0 saturated carbocycles. The highest BCUT2D eigenvalue weighted by Crippen LogP contribution is 2.36. The summed E-state index contributed by atoms with van der Waals surface area (Å²) in [6.07, 6.45) is 1.79. The lowest BCUT2D eigenvalue weighted by atomic mass is 9.96. The quantitative estimate of drug-likeness (QED) is 0.811. The zero-order valence-corrected chi connectivity index (χ0v) is 13.2. The number of carbonyl (C=O) groups is 1. The zero-order chi connectivity index (χ0) is 15.9. The molecule has 6 heteroatoms. The summed E-state index contributed by atoms with van der Waals surface area (Å²) in [5, 5.41) is 4.61. The highest BCUT2D eigenvalue weighted by atomic mass is 35.5. The highest BCUT2D eigenvalue weighted by molar-refractivity contribution is 6.34. The van der Waals surface area contributed by atoms with Crippen LogP contribution in [0.15, 0.2) is 29.1 Å². The third-order valence-corrected chi connectivity index (χ3v) is 4.28. The fourth-order valence-corrected chi connectivity index (χ4v) is 3.08. The van der Waals surface area contributed by atoms with E-state index in [9.17, 15) is 9.59 Å². The number of rotatable bonds is 1. The van der Waals surface area contributed by atoms with Crippen LogP contribution in [0.25, 0.3) is 0 Å². The lowest BCUT2D eigenvalue weighted by Crippen LogP contribution is -2.37. The summed E-state index contributed by atoms with van der Waals surface area (Å²) in [5.74, 6) is -0.232. The fraction of sp³-hybridized carbons (Fsp3) is 0.312. The van der Waals surface area contributed by atoms with Crippen LogP contribution in [0.1, 0.15) is 28.0 Å². The summed E-state index contributed by atoms with van der Waals surface area (Å²) >= 11 is 6.33. The van der Waals surface area contributed by atoms with Crippen LogP contribution >= 0.6 is 11.6 Å². The number of anilines is 1. The van der Waals surface area contributed by atoms with Crippen molar-refractivity contribution in [1.29, 1.82) is 0 Å². The van der Waals surface area contributed by atoms with Crippen molar-refractivity contribution >= 4 is 23.2 Å². The Hall–Kier alpha value is -2.14.